The summed E-state index contributed by atoms with van der Waals surface area (Å²) < 4.78 is 3.46. The normalized spacial score (nSPS) is 11.9. The zero-order valence-electron chi connectivity index (χ0n) is 15.4. The highest BCUT2D eigenvalue weighted by atomic mass is 16.1. The smallest absolute Gasteiger partial charge is 0.225 e. The first-order valence-electron chi connectivity index (χ1n) is 9.02. The van der Waals surface area contributed by atoms with Gasteiger partial charge in [0.2, 0.25) is 5.91 Å². The van der Waals surface area contributed by atoms with Crippen molar-refractivity contribution in [3.63, 3.8) is 0 Å². The Morgan fingerprint density at radius 1 is 1.00 bits per heavy atom. The van der Waals surface area contributed by atoms with Gasteiger partial charge in [-0.3, -0.25) is 4.79 Å². The predicted octanol–water partition coefficient (Wildman–Crippen LogP) is 2.87. The van der Waals surface area contributed by atoms with Crippen molar-refractivity contribution in [3.05, 3.63) is 90.8 Å². The summed E-state index contributed by atoms with van der Waals surface area (Å²) in [5, 5.41) is 11.5. The van der Waals surface area contributed by atoms with Crippen LogP contribution in [0.2, 0.25) is 0 Å². The van der Waals surface area contributed by atoms with Crippen molar-refractivity contribution in [1.29, 1.82) is 0 Å². The van der Waals surface area contributed by atoms with Crippen LogP contribution < -0.4 is 5.32 Å². The lowest BCUT2D eigenvalue weighted by Crippen LogP contribution is -2.28. The van der Waals surface area contributed by atoms with E-state index >= 15 is 0 Å². The van der Waals surface area contributed by atoms with Gasteiger partial charge < -0.3 is 5.32 Å². The Balaban J connectivity index is 1.36. The average Bonchev–Trinajstić information content (AvgIpc) is 3.41. The summed E-state index contributed by atoms with van der Waals surface area (Å²) >= 11 is 0. The molecule has 140 valence electrons. The number of rotatable bonds is 6. The Bertz CT molecular complexity index is 1040. The van der Waals surface area contributed by atoms with Crippen LogP contribution in [0.5, 0.6) is 0 Å². The zero-order chi connectivity index (χ0) is 19.3. The Hall–Kier alpha value is -3.74. The van der Waals surface area contributed by atoms with Crippen LogP contribution in [-0.4, -0.2) is 30.5 Å². The van der Waals surface area contributed by atoms with Crippen LogP contribution in [0, 0.1) is 0 Å². The van der Waals surface area contributed by atoms with Crippen molar-refractivity contribution in [2.45, 2.75) is 19.4 Å². The van der Waals surface area contributed by atoms with E-state index in [0.29, 0.717) is 0 Å². The molecule has 0 spiro atoms. The van der Waals surface area contributed by atoms with E-state index in [1.807, 2.05) is 67.7 Å². The number of carbonyl (C=O) groups excluding carboxylic acids is 1. The molecule has 0 saturated heterocycles. The monoisotopic (exact) mass is 372 g/mol. The molecule has 4 aromatic rings. The maximum atomic E-state index is 12.4. The standard InChI is InChI=1S/C21H20N6O/c1-16(18-7-9-20(10-8-18)27-15-22-14-24-27)25-21(28)11-17-12-23-26(13-17)19-5-3-2-4-6-19/h2-10,12-16H,11H2,1H3,(H,25,28). The fourth-order valence-corrected chi connectivity index (χ4v) is 2.99. The van der Waals surface area contributed by atoms with E-state index in [1.165, 1.54) is 6.33 Å². The Kier molecular flexibility index (Phi) is 4.97. The van der Waals surface area contributed by atoms with Crippen LogP contribution in [0.25, 0.3) is 11.4 Å². The zero-order valence-corrected chi connectivity index (χ0v) is 15.4. The maximum Gasteiger partial charge on any atom is 0.225 e. The SMILES string of the molecule is CC(NC(=O)Cc1cnn(-c2ccccc2)c1)c1ccc(-n2cncn2)cc1. The van der Waals surface area contributed by atoms with Gasteiger partial charge in [0, 0.05) is 6.20 Å². The molecule has 0 radical (unpaired) electrons. The van der Waals surface area contributed by atoms with Crippen molar-refractivity contribution in [2.24, 2.45) is 0 Å². The summed E-state index contributed by atoms with van der Waals surface area (Å²) in [4.78, 5) is 16.4. The lowest BCUT2D eigenvalue weighted by Gasteiger charge is -2.14. The second kappa shape index (κ2) is 7.87. The molecule has 1 atom stereocenters. The average molecular weight is 372 g/mol. The fraction of sp³-hybridized carbons (Fsp3) is 0.143. The first-order valence-corrected chi connectivity index (χ1v) is 9.02. The topological polar surface area (TPSA) is 77.6 Å². The molecule has 0 aliphatic rings. The molecule has 28 heavy (non-hydrogen) atoms. The minimum atomic E-state index is -0.0959. The van der Waals surface area contributed by atoms with Gasteiger partial charge in [-0.2, -0.15) is 10.2 Å². The van der Waals surface area contributed by atoms with Crippen LogP contribution in [0.15, 0.2) is 79.6 Å². The molecule has 7 nitrogen and oxygen atoms in total. The molecule has 1 amide bonds. The van der Waals surface area contributed by atoms with E-state index in [4.69, 9.17) is 0 Å². The van der Waals surface area contributed by atoms with Gasteiger partial charge in [-0.1, -0.05) is 30.3 Å². The highest BCUT2D eigenvalue weighted by molar-refractivity contribution is 5.78. The molecule has 0 fully saturated rings. The first kappa shape index (κ1) is 17.7. The molecule has 1 N–H and O–H groups in total. The van der Waals surface area contributed by atoms with E-state index < -0.39 is 0 Å². The summed E-state index contributed by atoms with van der Waals surface area (Å²) in [7, 11) is 0. The summed E-state index contributed by atoms with van der Waals surface area (Å²) in [6, 6.07) is 17.6. The third-order valence-electron chi connectivity index (χ3n) is 4.48. The van der Waals surface area contributed by atoms with Gasteiger partial charge in [0.15, 0.2) is 0 Å². The quantitative estimate of drug-likeness (QED) is 0.565. The number of amides is 1. The second-order valence-electron chi connectivity index (χ2n) is 6.53. The van der Waals surface area contributed by atoms with E-state index in [0.717, 1.165) is 22.5 Å². The third kappa shape index (κ3) is 3.98. The fourth-order valence-electron chi connectivity index (χ4n) is 2.99. The molecule has 2 aromatic carbocycles. The number of hydrogen-bond acceptors (Lipinski definition) is 4. The van der Waals surface area contributed by atoms with Gasteiger partial charge >= 0.3 is 0 Å². The Morgan fingerprint density at radius 2 is 1.75 bits per heavy atom. The molecular weight excluding hydrogens is 352 g/mol. The molecule has 2 aromatic heterocycles. The van der Waals surface area contributed by atoms with Crippen molar-refractivity contribution >= 4 is 5.91 Å². The number of nitrogens with zero attached hydrogens (tertiary/aromatic N) is 5. The lowest BCUT2D eigenvalue weighted by molar-refractivity contribution is -0.121. The minimum Gasteiger partial charge on any atom is -0.349 e. The summed E-state index contributed by atoms with van der Waals surface area (Å²) in [6.07, 6.45) is 7.04. The van der Waals surface area contributed by atoms with Crippen molar-refractivity contribution in [1.82, 2.24) is 29.9 Å². The Labute approximate surface area is 162 Å². The number of nitrogens with one attached hydrogen (secondary N) is 1. The lowest BCUT2D eigenvalue weighted by atomic mass is 10.1. The van der Waals surface area contributed by atoms with E-state index in [2.05, 4.69) is 20.5 Å². The molecule has 2 heterocycles. The molecule has 0 aliphatic carbocycles. The third-order valence-corrected chi connectivity index (χ3v) is 4.48. The highest BCUT2D eigenvalue weighted by Crippen LogP contribution is 2.15. The Morgan fingerprint density at radius 3 is 2.46 bits per heavy atom. The van der Waals surface area contributed by atoms with Gasteiger partial charge in [0.25, 0.3) is 0 Å². The van der Waals surface area contributed by atoms with Crippen molar-refractivity contribution < 1.29 is 4.79 Å². The summed E-state index contributed by atoms with van der Waals surface area (Å²) in [6.45, 7) is 1.97. The number of benzene rings is 2. The number of carbonyl (C=O) groups is 1. The maximum absolute atomic E-state index is 12.4. The number of aromatic nitrogens is 5. The number of para-hydroxylation sites is 1. The molecular formula is C21H20N6O. The van der Waals surface area contributed by atoms with Crippen molar-refractivity contribution in [3.8, 4) is 11.4 Å². The second-order valence-corrected chi connectivity index (χ2v) is 6.53. The van der Waals surface area contributed by atoms with E-state index in [-0.39, 0.29) is 18.4 Å². The van der Waals surface area contributed by atoms with Crippen LogP contribution in [0.4, 0.5) is 0 Å². The van der Waals surface area contributed by atoms with Gasteiger partial charge in [-0.25, -0.2) is 14.3 Å². The van der Waals surface area contributed by atoms with Crippen LogP contribution in [-0.2, 0) is 11.2 Å². The van der Waals surface area contributed by atoms with Crippen LogP contribution in [0.1, 0.15) is 24.1 Å². The van der Waals surface area contributed by atoms with Gasteiger partial charge in [0.05, 0.1) is 30.0 Å². The molecule has 7 heteroatoms. The van der Waals surface area contributed by atoms with E-state index in [9.17, 15) is 4.79 Å². The highest BCUT2D eigenvalue weighted by Gasteiger charge is 2.12. The molecule has 1 unspecified atom stereocenters. The van der Waals surface area contributed by atoms with Gasteiger partial charge in [-0.05, 0) is 42.3 Å². The molecule has 0 aliphatic heterocycles. The predicted molar refractivity (Wildman–Crippen MR) is 105 cm³/mol. The number of hydrogen-bond donors (Lipinski definition) is 1. The van der Waals surface area contributed by atoms with Crippen LogP contribution in [0.3, 0.4) is 0 Å². The molecule has 0 bridgehead atoms. The molecule has 4 rings (SSSR count). The summed E-state index contributed by atoms with van der Waals surface area (Å²) in [5.41, 5.74) is 3.79. The minimum absolute atomic E-state index is 0.0412. The largest absolute Gasteiger partial charge is 0.349 e. The van der Waals surface area contributed by atoms with Crippen molar-refractivity contribution in [2.75, 3.05) is 0 Å². The van der Waals surface area contributed by atoms with Crippen LogP contribution >= 0.6 is 0 Å². The summed E-state index contributed by atoms with van der Waals surface area (Å²) in [5.74, 6) is -0.0412. The molecule has 0 saturated carbocycles. The van der Waals surface area contributed by atoms with E-state index in [1.54, 1.807) is 21.9 Å². The van der Waals surface area contributed by atoms with Gasteiger partial charge in [0.1, 0.15) is 12.7 Å². The van der Waals surface area contributed by atoms with Gasteiger partial charge in [-0.15, -0.1) is 0 Å². The first-order chi connectivity index (χ1) is 13.7.